The Kier molecular flexibility index (Phi) is 8.24. The van der Waals surface area contributed by atoms with Crippen molar-refractivity contribution in [2.24, 2.45) is 0 Å². The molecule has 0 bridgehead atoms. The van der Waals surface area contributed by atoms with E-state index in [-0.39, 0.29) is 66.5 Å². The molecule has 0 saturated carbocycles. The molecule has 2 saturated heterocycles. The van der Waals surface area contributed by atoms with Crippen molar-refractivity contribution in [3.8, 4) is 22.9 Å². The fourth-order valence-electron chi connectivity index (χ4n) is 7.15. The molecule has 1 unspecified atom stereocenters. The van der Waals surface area contributed by atoms with Crippen molar-refractivity contribution in [3.05, 3.63) is 52.4 Å². The molecule has 4 aromatic rings. The molecule has 252 valence electrons. The molecule has 3 aliphatic heterocycles. The average Bonchev–Trinajstić information content (AvgIpc) is 3.64. The molecule has 3 aliphatic rings. The van der Waals surface area contributed by atoms with Gasteiger partial charge < -0.3 is 20.1 Å². The van der Waals surface area contributed by atoms with Crippen LogP contribution >= 0.6 is 22.9 Å². The molecule has 2 fully saturated rings. The lowest BCUT2D eigenvalue weighted by atomic mass is 9.94. The van der Waals surface area contributed by atoms with Crippen LogP contribution in [-0.4, -0.2) is 72.1 Å². The van der Waals surface area contributed by atoms with E-state index in [0.717, 1.165) is 47.3 Å². The van der Waals surface area contributed by atoms with Crippen molar-refractivity contribution in [2.75, 3.05) is 43.5 Å². The van der Waals surface area contributed by atoms with Crippen LogP contribution in [0.1, 0.15) is 25.7 Å². The van der Waals surface area contributed by atoms with Crippen molar-refractivity contribution >= 4 is 60.4 Å². The van der Waals surface area contributed by atoms with Crippen LogP contribution < -0.4 is 20.1 Å². The van der Waals surface area contributed by atoms with Gasteiger partial charge in [-0.1, -0.05) is 29.8 Å². The van der Waals surface area contributed by atoms with Crippen LogP contribution in [0.3, 0.4) is 0 Å². The number of benzene rings is 2. The number of ether oxygens (including phenoxy) is 2. The standard InChI is InChI=1S/C32H27ClF6N6O2S/c1-14-10-32(7-3-8-44(32)11-14)13-47-31-42-24-21-26(46-12-17(28(38)39)45(30(21)43-31)9-6-18(35)36)22(33)19(23(24)37)15-4-5-16(34)27-20(15)25(41-2)29(40)48-27/h4-5,17-18,28H,1,3,6-13,40H2/t17?,32-/m0/s1. The summed E-state index contributed by atoms with van der Waals surface area (Å²) < 4.78 is 99.9. The molecule has 0 radical (unpaired) electrons. The van der Waals surface area contributed by atoms with E-state index in [2.05, 4.69) is 26.3 Å². The fraction of sp³-hybridized carbons (Fsp3) is 0.406. The number of hydrogen-bond donors (Lipinski definition) is 1. The van der Waals surface area contributed by atoms with Gasteiger partial charge in [0.25, 0.3) is 6.43 Å². The number of hydrogen-bond acceptors (Lipinski definition) is 8. The van der Waals surface area contributed by atoms with Crippen LogP contribution in [-0.2, 0) is 0 Å². The van der Waals surface area contributed by atoms with E-state index < -0.39 is 61.2 Å². The third kappa shape index (κ3) is 5.16. The summed E-state index contributed by atoms with van der Waals surface area (Å²) in [6.07, 6.45) is -4.35. The predicted molar refractivity (Wildman–Crippen MR) is 172 cm³/mol. The second kappa shape index (κ2) is 12.2. The van der Waals surface area contributed by atoms with Crippen LogP contribution in [0.4, 0.5) is 42.8 Å². The molecule has 0 spiro atoms. The lowest BCUT2D eigenvalue weighted by Crippen LogP contribution is -2.45. The molecule has 0 aliphatic carbocycles. The van der Waals surface area contributed by atoms with Gasteiger partial charge in [0.05, 0.1) is 32.2 Å². The maximum atomic E-state index is 17.0. The third-order valence-electron chi connectivity index (χ3n) is 9.27. The van der Waals surface area contributed by atoms with Crippen molar-refractivity contribution < 1.29 is 35.8 Å². The first-order valence-electron chi connectivity index (χ1n) is 15.0. The lowest BCUT2D eigenvalue weighted by molar-refractivity contribution is 0.0818. The van der Waals surface area contributed by atoms with Gasteiger partial charge in [0.15, 0.2) is 11.6 Å². The maximum Gasteiger partial charge on any atom is 0.319 e. The second-order valence-electron chi connectivity index (χ2n) is 12.2. The number of thiophene rings is 1. The van der Waals surface area contributed by atoms with Gasteiger partial charge in [0, 0.05) is 30.5 Å². The SMILES string of the molecule is [C-]#[N+]c1c(N)sc2c(F)ccc(-c3c(Cl)c4c5c(nc(OC[C@@]67CCCN6CC(=C)C7)nc5c3F)N(CCC(F)F)C(C(F)F)CO4)c12. The largest absolute Gasteiger partial charge is 0.489 e. The topological polar surface area (TPSA) is 81.1 Å². The molecule has 2 aromatic carbocycles. The molecular formula is C32H27ClF6N6O2S. The number of nitrogens with two attached hydrogens (primary N) is 1. The first-order chi connectivity index (χ1) is 22.9. The Morgan fingerprint density at radius 3 is 2.75 bits per heavy atom. The summed E-state index contributed by atoms with van der Waals surface area (Å²) in [5.74, 6) is -2.34. The zero-order valence-corrected chi connectivity index (χ0v) is 26.7. The van der Waals surface area contributed by atoms with E-state index in [9.17, 15) is 22.0 Å². The highest BCUT2D eigenvalue weighted by molar-refractivity contribution is 7.23. The number of nitrogen functional groups attached to an aromatic ring is 1. The minimum atomic E-state index is -3.09. The molecule has 8 nitrogen and oxygen atoms in total. The molecule has 2 atom stereocenters. The third-order valence-corrected chi connectivity index (χ3v) is 10.6. The first-order valence-corrected chi connectivity index (χ1v) is 16.2. The fourth-order valence-corrected chi connectivity index (χ4v) is 8.42. The first kappa shape index (κ1) is 32.5. The van der Waals surface area contributed by atoms with Crippen LogP contribution in [0.15, 0.2) is 24.3 Å². The monoisotopic (exact) mass is 708 g/mol. The van der Waals surface area contributed by atoms with E-state index in [0.29, 0.717) is 13.0 Å². The molecule has 2 N–H and O–H groups in total. The van der Waals surface area contributed by atoms with E-state index in [1.807, 2.05) is 0 Å². The molecule has 0 amide bonds. The second-order valence-corrected chi connectivity index (χ2v) is 13.6. The Hall–Kier alpha value is -4.00. The van der Waals surface area contributed by atoms with Crippen LogP contribution in [0, 0.1) is 18.2 Å². The van der Waals surface area contributed by atoms with Crippen molar-refractivity contribution in [3.63, 3.8) is 0 Å². The Balaban J connectivity index is 1.47. The number of anilines is 2. The van der Waals surface area contributed by atoms with Gasteiger partial charge in [0.2, 0.25) is 12.1 Å². The molecule has 48 heavy (non-hydrogen) atoms. The zero-order chi connectivity index (χ0) is 34.1. The Morgan fingerprint density at radius 1 is 1.23 bits per heavy atom. The quantitative estimate of drug-likeness (QED) is 0.112. The predicted octanol–water partition coefficient (Wildman–Crippen LogP) is 8.24. The summed E-state index contributed by atoms with van der Waals surface area (Å²) in [5.41, 5.74) is 5.73. The summed E-state index contributed by atoms with van der Waals surface area (Å²) in [6, 6.07) is 0.169. The van der Waals surface area contributed by atoms with E-state index in [1.54, 1.807) is 0 Å². The molecule has 7 rings (SSSR count). The summed E-state index contributed by atoms with van der Waals surface area (Å²) in [7, 11) is 0. The Morgan fingerprint density at radius 2 is 2.02 bits per heavy atom. The van der Waals surface area contributed by atoms with Gasteiger partial charge in [-0.15, -0.1) is 11.3 Å². The van der Waals surface area contributed by atoms with Crippen LogP contribution in [0.5, 0.6) is 11.8 Å². The van der Waals surface area contributed by atoms with E-state index in [4.69, 9.17) is 33.4 Å². The summed E-state index contributed by atoms with van der Waals surface area (Å²) in [4.78, 5) is 15.4. The van der Waals surface area contributed by atoms with Crippen molar-refractivity contribution in [1.29, 1.82) is 0 Å². The number of aromatic nitrogens is 2. The average molecular weight is 709 g/mol. The minimum absolute atomic E-state index is 0.00253. The molecule has 16 heteroatoms. The van der Waals surface area contributed by atoms with Crippen LogP contribution in [0.2, 0.25) is 5.02 Å². The molecular weight excluding hydrogens is 682 g/mol. The Bertz CT molecular complexity index is 2020. The molecule has 2 aromatic heterocycles. The van der Waals surface area contributed by atoms with E-state index >= 15 is 4.39 Å². The highest BCUT2D eigenvalue weighted by Crippen LogP contribution is 2.53. The summed E-state index contributed by atoms with van der Waals surface area (Å²) >= 11 is 7.63. The number of fused-ring (bicyclic) bond motifs is 2. The van der Waals surface area contributed by atoms with Crippen LogP contribution in [0.25, 0.3) is 37.0 Å². The normalized spacial score (nSPS) is 21.0. The Labute approximate surface area is 279 Å². The maximum absolute atomic E-state index is 17.0. The van der Waals surface area contributed by atoms with Crippen molar-refractivity contribution in [1.82, 2.24) is 14.9 Å². The zero-order valence-electron chi connectivity index (χ0n) is 25.1. The van der Waals surface area contributed by atoms with Gasteiger partial charge >= 0.3 is 6.01 Å². The number of alkyl halides is 4. The molecule has 5 heterocycles. The van der Waals surface area contributed by atoms with Gasteiger partial charge in [-0.3, -0.25) is 4.90 Å². The van der Waals surface area contributed by atoms with Gasteiger partial charge in [-0.25, -0.2) is 31.2 Å². The number of halogens is 7. The highest BCUT2D eigenvalue weighted by atomic mass is 35.5. The van der Waals surface area contributed by atoms with Gasteiger partial charge in [-0.05, 0) is 37.4 Å². The van der Waals surface area contributed by atoms with Gasteiger partial charge in [0.1, 0.15) is 36.4 Å². The smallest absolute Gasteiger partial charge is 0.319 e. The summed E-state index contributed by atoms with van der Waals surface area (Å²) in [6.45, 7) is 12.1. The summed E-state index contributed by atoms with van der Waals surface area (Å²) in [5, 5.41) is -0.594. The van der Waals surface area contributed by atoms with Crippen molar-refractivity contribution in [2.45, 2.75) is 50.1 Å². The van der Waals surface area contributed by atoms with Gasteiger partial charge in [-0.2, -0.15) is 9.97 Å². The minimum Gasteiger partial charge on any atom is -0.489 e. The van der Waals surface area contributed by atoms with E-state index in [1.165, 1.54) is 6.07 Å². The lowest BCUT2D eigenvalue weighted by Gasteiger charge is -2.32. The highest BCUT2D eigenvalue weighted by Gasteiger charge is 2.47. The number of nitrogens with zero attached hydrogens (tertiary/aromatic N) is 5. The number of rotatable bonds is 8.